The van der Waals surface area contributed by atoms with Gasteiger partial charge in [-0.1, -0.05) is 11.6 Å². The number of benzene rings is 1. The van der Waals surface area contributed by atoms with E-state index in [1.165, 1.54) is 0 Å². The second-order valence-electron chi connectivity index (χ2n) is 3.83. The second-order valence-corrected chi connectivity index (χ2v) is 5.19. The molecule has 3 rings (SSSR count). The first-order valence-electron chi connectivity index (χ1n) is 5.12. The van der Waals surface area contributed by atoms with Gasteiger partial charge in [0.15, 0.2) is 5.82 Å². The van der Waals surface area contributed by atoms with Crippen molar-refractivity contribution in [2.45, 2.75) is 0 Å². The molecule has 3 aromatic rings. The van der Waals surface area contributed by atoms with Crippen LogP contribution in [0, 0.1) is 0 Å². The summed E-state index contributed by atoms with van der Waals surface area (Å²) < 4.78 is 2.02. The molecule has 0 atom stereocenters. The van der Waals surface area contributed by atoms with Crippen molar-refractivity contribution in [2.75, 3.05) is 5.73 Å². The van der Waals surface area contributed by atoms with Crippen molar-refractivity contribution in [1.29, 1.82) is 0 Å². The van der Waals surface area contributed by atoms with Gasteiger partial charge in [0.05, 0.1) is 21.6 Å². The van der Waals surface area contributed by atoms with Crippen molar-refractivity contribution in [3.63, 3.8) is 0 Å². The number of nitrogens with zero attached hydrogens (tertiary/aromatic N) is 2. The third-order valence-electron chi connectivity index (χ3n) is 2.74. The fraction of sp³-hybridized carbons (Fsp3) is 0.0833. The molecule has 0 aliphatic rings. The molecule has 0 aliphatic heterocycles. The van der Waals surface area contributed by atoms with Crippen LogP contribution in [0.4, 0.5) is 5.69 Å². The van der Waals surface area contributed by atoms with Crippen LogP contribution in [0.15, 0.2) is 29.6 Å². The van der Waals surface area contributed by atoms with Gasteiger partial charge in [0, 0.05) is 12.1 Å². The Morgan fingerprint density at radius 2 is 2.18 bits per heavy atom. The quantitative estimate of drug-likeness (QED) is 0.730. The van der Waals surface area contributed by atoms with Gasteiger partial charge in [-0.25, -0.2) is 4.98 Å². The summed E-state index contributed by atoms with van der Waals surface area (Å²) in [6.07, 6.45) is 0. The van der Waals surface area contributed by atoms with Crippen LogP contribution in [0.1, 0.15) is 0 Å². The zero-order chi connectivity index (χ0) is 12.0. The molecule has 0 fully saturated rings. The average Bonchev–Trinajstić information content (AvgIpc) is 2.84. The van der Waals surface area contributed by atoms with Crippen LogP contribution in [-0.4, -0.2) is 9.55 Å². The Kier molecular flexibility index (Phi) is 2.34. The molecule has 0 radical (unpaired) electrons. The fourth-order valence-electron chi connectivity index (χ4n) is 1.87. The Labute approximate surface area is 107 Å². The largest absolute Gasteiger partial charge is 0.397 e. The Morgan fingerprint density at radius 1 is 1.35 bits per heavy atom. The first-order valence-corrected chi connectivity index (χ1v) is 6.38. The van der Waals surface area contributed by atoms with E-state index in [-0.39, 0.29) is 0 Å². The Bertz CT molecular complexity index is 699. The molecule has 17 heavy (non-hydrogen) atoms. The van der Waals surface area contributed by atoms with Crippen LogP contribution < -0.4 is 5.73 Å². The summed E-state index contributed by atoms with van der Waals surface area (Å²) >= 11 is 7.59. The van der Waals surface area contributed by atoms with Crippen molar-refractivity contribution in [3.05, 3.63) is 34.7 Å². The molecule has 0 bridgehead atoms. The number of aromatic nitrogens is 2. The predicted octanol–water partition coefficient (Wildman–Crippen LogP) is 3.54. The number of aryl methyl sites for hydroxylation is 1. The summed E-state index contributed by atoms with van der Waals surface area (Å²) in [4.78, 5) is 5.59. The number of imidazole rings is 1. The van der Waals surface area contributed by atoms with Crippen molar-refractivity contribution in [2.24, 2.45) is 7.05 Å². The first kappa shape index (κ1) is 10.6. The van der Waals surface area contributed by atoms with E-state index in [1.807, 2.05) is 41.3 Å². The van der Waals surface area contributed by atoms with E-state index in [2.05, 4.69) is 4.98 Å². The number of thiophene rings is 1. The monoisotopic (exact) mass is 263 g/mol. The molecule has 86 valence electrons. The number of hydrogen-bond acceptors (Lipinski definition) is 3. The van der Waals surface area contributed by atoms with E-state index in [0.717, 1.165) is 27.4 Å². The zero-order valence-corrected chi connectivity index (χ0v) is 10.7. The normalized spacial score (nSPS) is 11.2. The summed E-state index contributed by atoms with van der Waals surface area (Å²) in [5.41, 5.74) is 8.63. The van der Waals surface area contributed by atoms with Crippen LogP contribution in [-0.2, 0) is 7.05 Å². The summed E-state index contributed by atoms with van der Waals surface area (Å²) in [6, 6.07) is 7.58. The van der Waals surface area contributed by atoms with Gasteiger partial charge in [0.1, 0.15) is 0 Å². The lowest BCUT2D eigenvalue weighted by molar-refractivity contribution is 0.963. The molecule has 0 unspecified atom stereocenters. The van der Waals surface area contributed by atoms with Gasteiger partial charge in [-0.15, -0.1) is 11.3 Å². The van der Waals surface area contributed by atoms with Crippen molar-refractivity contribution >= 4 is 39.7 Å². The van der Waals surface area contributed by atoms with Crippen LogP contribution in [0.5, 0.6) is 0 Å². The minimum absolute atomic E-state index is 0.714. The van der Waals surface area contributed by atoms with Gasteiger partial charge >= 0.3 is 0 Å². The van der Waals surface area contributed by atoms with Crippen molar-refractivity contribution < 1.29 is 0 Å². The van der Waals surface area contributed by atoms with Gasteiger partial charge in [0.25, 0.3) is 0 Å². The van der Waals surface area contributed by atoms with E-state index in [1.54, 1.807) is 11.3 Å². The molecule has 0 saturated heterocycles. The molecule has 3 nitrogen and oxygen atoms in total. The zero-order valence-electron chi connectivity index (χ0n) is 9.14. The smallest absolute Gasteiger partial charge is 0.153 e. The minimum atomic E-state index is 0.714. The van der Waals surface area contributed by atoms with Crippen LogP contribution >= 0.6 is 22.9 Å². The van der Waals surface area contributed by atoms with E-state index < -0.39 is 0 Å². The highest BCUT2D eigenvalue weighted by Gasteiger charge is 2.13. The highest BCUT2D eigenvalue weighted by molar-refractivity contribution is 7.14. The third-order valence-corrected chi connectivity index (χ3v) is 3.90. The number of anilines is 1. The Morgan fingerprint density at radius 3 is 2.88 bits per heavy atom. The summed E-state index contributed by atoms with van der Waals surface area (Å²) in [5, 5.41) is 2.68. The maximum atomic E-state index is 5.99. The molecule has 2 heterocycles. The molecule has 1 aromatic carbocycles. The molecular weight excluding hydrogens is 254 g/mol. The van der Waals surface area contributed by atoms with Gasteiger partial charge in [-0.05, 0) is 29.6 Å². The molecule has 0 saturated carbocycles. The maximum Gasteiger partial charge on any atom is 0.153 e. The Hall–Kier alpha value is -1.52. The third kappa shape index (κ3) is 1.61. The average molecular weight is 264 g/mol. The summed E-state index contributed by atoms with van der Waals surface area (Å²) in [7, 11) is 1.97. The Balaban J connectivity index is 2.32. The predicted molar refractivity (Wildman–Crippen MR) is 73.4 cm³/mol. The number of halogens is 1. The summed E-state index contributed by atoms with van der Waals surface area (Å²) in [5.74, 6) is 0.884. The number of nitrogen functional groups attached to an aromatic ring is 1. The molecule has 2 N–H and O–H groups in total. The minimum Gasteiger partial charge on any atom is -0.397 e. The lowest BCUT2D eigenvalue weighted by atomic mass is 10.3. The SMILES string of the molecule is Cn1c(-c2sccc2N)nc2ccc(Cl)cc21. The molecule has 5 heteroatoms. The molecular formula is C12H10ClN3S. The lowest BCUT2D eigenvalue weighted by Crippen LogP contribution is -1.93. The lowest BCUT2D eigenvalue weighted by Gasteiger charge is -2.00. The van der Waals surface area contributed by atoms with E-state index in [4.69, 9.17) is 17.3 Å². The van der Waals surface area contributed by atoms with E-state index >= 15 is 0 Å². The summed E-state index contributed by atoms with van der Waals surface area (Å²) in [6.45, 7) is 0. The fourth-order valence-corrected chi connectivity index (χ4v) is 2.88. The molecule has 0 amide bonds. The van der Waals surface area contributed by atoms with Gasteiger partial charge in [0.2, 0.25) is 0 Å². The van der Waals surface area contributed by atoms with Crippen LogP contribution in [0.25, 0.3) is 21.7 Å². The first-order chi connectivity index (χ1) is 8.16. The van der Waals surface area contributed by atoms with E-state index in [0.29, 0.717) is 5.02 Å². The molecule has 0 spiro atoms. The topological polar surface area (TPSA) is 43.8 Å². The van der Waals surface area contributed by atoms with Gasteiger partial charge < -0.3 is 10.3 Å². The highest BCUT2D eigenvalue weighted by atomic mass is 35.5. The second kappa shape index (κ2) is 3.75. The number of nitrogens with two attached hydrogens (primary N) is 1. The van der Waals surface area contributed by atoms with Crippen LogP contribution in [0.3, 0.4) is 0 Å². The highest BCUT2D eigenvalue weighted by Crippen LogP contribution is 2.33. The molecule has 0 aliphatic carbocycles. The van der Waals surface area contributed by atoms with Crippen molar-refractivity contribution in [3.8, 4) is 10.7 Å². The molecule has 2 aromatic heterocycles. The van der Waals surface area contributed by atoms with Gasteiger partial charge in [-0.3, -0.25) is 0 Å². The number of rotatable bonds is 1. The van der Waals surface area contributed by atoms with E-state index in [9.17, 15) is 0 Å². The number of fused-ring (bicyclic) bond motifs is 1. The van der Waals surface area contributed by atoms with Gasteiger partial charge in [-0.2, -0.15) is 0 Å². The van der Waals surface area contributed by atoms with Crippen molar-refractivity contribution in [1.82, 2.24) is 9.55 Å². The van der Waals surface area contributed by atoms with Crippen LogP contribution in [0.2, 0.25) is 5.02 Å². The standard InChI is InChI=1S/C12H10ClN3S/c1-16-10-6-7(13)2-3-9(10)15-12(16)11-8(14)4-5-17-11/h2-6H,14H2,1H3. The maximum absolute atomic E-state index is 5.99. The number of hydrogen-bond donors (Lipinski definition) is 1.